The molecular weight excluding hydrogens is 142 g/mol. The molecule has 0 aliphatic carbocycles. The summed E-state index contributed by atoms with van der Waals surface area (Å²) >= 11 is 0. The van der Waals surface area contributed by atoms with E-state index in [0.717, 1.165) is 5.69 Å². The van der Waals surface area contributed by atoms with E-state index >= 15 is 0 Å². The Balaban J connectivity index is 2.39. The normalized spacial score (nSPS) is 10.9. The first kappa shape index (κ1) is 8.20. The van der Waals surface area contributed by atoms with E-state index in [1.165, 1.54) is 0 Å². The maximum Gasteiger partial charge on any atom is 0.108 e. The SMILES string of the molecule is CC(C)OCc1cn(C)nn1. The van der Waals surface area contributed by atoms with Crippen LogP contribution in [0, 0.1) is 0 Å². The fraction of sp³-hybridized carbons (Fsp3) is 0.714. The second kappa shape index (κ2) is 3.48. The number of aryl methyl sites for hydroxylation is 1. The highest BCUT2D eigenvalue weighted by atomic mass is 16.5. The molecule has 0 aliphatic heterocycles. The van der Waals surface area contributed by atoms with Crippen LogP contribution >= 0.6 is 0 Å². The van der Waals surface area contributed by atoms with Crippen molar-refractivity contribution < 1.29 is 4.74 Å². The van der Waals surface area contributed by atoms with Crippen LogP contribution in [0.15, 0.2) is 6.20 Å². The molecule has 0 saturated carbocycles. The second-order valence-corrected chi connectivity index (χ2v) is 2.74. The first-order valence-electron chi connectivity index (χ1n) is 3.65. The zero-order valence-electron chi connectivity index (χ0n) is 7.11. The molecular formula is C7H13N3O. The van der Waals surface area contributed by atoms with Crippen molar-refractivity contribution in [2.75, 3.05) is 0 Å². The minimum atomic E-state index is 0.247. The molecule has 0 aliphatic rings. The molecule has 0 radical (unpaired) electrons. The van der Waals surface area contributed by atoms with Crippen LogP contribution in [-0.4, -0.2) is 21.1 Å². The van der Waals surface area contributed by atoms with Gasteiger partial charge >= 0.3 is 0 Å². The zero-order chi connectivity index (χ0) is 8.27. The second-order valence-electron chi connectivity index (χ2n) is 2.74. The minimum absolute atomic E-state index is 0.247. The summed E-state index contributed by atoms with van der Waals surface area (Å²) in [5, 5.41) is 7.66. The first-order valence-corrected chi connectivity index (χ1v) is 3.65. The summed E-state index contributed by atoms with van der Waals surface area (Å²) in [6.45, 7) is 4.54. The van der Waals surface area contributed by atoms with E-state index in [0.29, 0.717) is 6.61 Å². The highest BCUT2D eigenvalue weighted by Crippen LogP contribution is 1.97. The number of hydrogen-bond donors (Lipinski definition) is 0. The zero-order valence-corrected chi connectivity index (χ0v) is 7.11. The Morgan fingerprint density at radius 3 is 2.82 bits per heavy atom. The molecule has 0 saturated heterocycles. The first-order chi connectivity index (χ1) is 5.18. The largest absolute Gasteiger partial charge is 0.372 e. The molecule has 1 heterocycles. The number of nitrogens with zero attached hydrogens (tertiary/aromatic N) is 3. The summed E-state index contributed by atoms with van der Waals surface area (Å²) in [4.78, 5) is 0. The molecule has 4 heteroatoms. The van der Waals surface area contributed by atoms with Gasteiger partial charge in [-0.1, -0.05) is 5.21 Å². The van der Waals surface area contributed by atoms with E-state index in [9.17, 15) is 0 Å². The Hall–Kier alpha value is -0.900. The molecule has 4 nitrogen and oxygen atoms in total. The summed E-state index contributed by atoms with van der Waals surface area (Å²) in [6.07, 6.45) is 2.10. The molecule has 0 spiro atoms. The van der Waals surface area contributed by atoms with Crippen molar-refractivity contribution in [1.29, 1.82) is 0 Å². The summed E-state index contributed by atoms with van der Waals surface area (Å²) in [6, 6.07) is 0. The van der Waals surface area contributed by atoms with Gasteiger partial charge < -0.3 is 4.74 Å². The van der Waals surface area contributed by atoms with Gasteiger partial charge in [0, 0.05) is 7.05 Å². The lowest BCUT2D eigenvalue weighted by atomic mass is 10.4. The van der Waals surface area contributed by atoms with Gasteiger partial charge in [0.15, 0.2) is 0 Å². The highest BCUT2D eigenvalue weighted by Gasteiger charge is 1.99. The molecule has 1 aromatic rings. The molecule has 0 N–H and O–H groups in total. The Bertz CT molecular complexity index is 219. The van der Waals surface area contributed by atoms with Gasteiger partial charge in [-0.15, -0.1) is 5.10 Å². The number of ether oxygens (including phenoxy) is 1. The Morgan fingerprint density at radius 2 is 2.36 bits per heavy atom. The molecule has 11 heavy (non-hydrogen) atoms. The third kappa shape index (κ3) is 2.67. The average molecular weight is 155 g/mol. The van der Waals surface area contributed by atoms with E-state index < -0.39 is 0 Å². The minimum Gasteiger partial charge on any atom is -0.372 e. The van der Waals surface area contributed by atoms with Crippen LogP contribution in [0.2, 0.25) is 0 Å². The van der Waals surface area contributed by atoms with Crippen LogP contribution in [0.4, 0.5) is 0 Å². The predicted octanol–water partition coefficient (Wildman–Crippen LogP) is 0.740. The number of aromatic nitrogens is 3. The van der Waals surface area contributed by atoms with E-state index in [4.69, 9.17) is 4.74 Å². The van der Waals surface area contributed by atoms with Gasteiger partial charge in [0.2, 0.25) is 0 Å². The molecule has 1 aromatic heterocycles. The molecule has 1 rings (SSSR count). The number of rotatable bonds is 3. The van der Waals surface area contributed by atoms with Gasteiger partial charge in [-0.2, -0.15) is 0 Å². The van der Waals surface area contributed by atoms with Crippen molar-refractivity contribution in [2.45, 2.75) is 26.6 Å². The quantitative estimate of drug-likeness (QED) is 0.646. The van der Waals surface area contributed by atoms with Gasteiger partial charge in [-0.3, -0.25) is 4.68 Å². The lowest BCUT2D eigenvalue weighted by molar-refractivity contribution is 0.0635. The van der Waals surface area contributed by atoms with Gasteiger partial charge in [0.25, 0.3) is 0 Å². The van der Waals surface area contributed by atoms with Gasteiger partial charge in [-0.05, 0) is 13.8 Å². The standard InChI is InChI=1S/C7H13N3O/c1-6(2)11-5-7-4-10(3)9-8-7/h4,6H,5H2,1-3H3. The Kier molecular flexibility index (Phi) is 2.59. The monoisotopic (exact) mass is 155 g/mol. The van der Waals surface area contributed by atoms with Crippen molar-refractivity contribution >= 4 is 0 Å². The van der Waals surface area contributed by atoms with E-state index in [-0.39, 0.29) is 6.10 Å². The Morgan fingerprint density at radius 1 is 1.64 bits per heavy atom. The highest BCUT2D eigenvalue weighted by molar-refractivity contribution is 4.88. The summed E-state index contributed by atoms with van der Waals surface area (Å²) < 4.78 is 6.99. The summed E-state index contributed by atoms with van der Waals surface area (Å²) in [5.41, 5.74) is 0.876. The molecule has 0 atom stereocenters. The molecule has 0 amide bonds. The average Bonchev–Trinajstić information content (AvgIpc) is 2.31. The lowest BCUT2D eigenvalue weighted by Gasteiger charge is -2.03. The fourth-order valence-electron chi connectivity index (χ4n) is 0.713. The van der Waals surface area contributed by atoms with Crippen LogP contribution in [0.25, 0.3) is 0 Å². The smallest absolute Gasteiger partial charge is 0.108 e. The third-order valence-corrected chi connectivity index (χ3v) is 1.21. The summed E-state index contributed by atoms with van der Waals surface area (Å²) in [5.74, 6) is 0. The topological polar surface area (TPSA) is 39.9 Å². The van der Waals surface area contributed by atoms with Crippen molar-refractivity contribution in [3.8, 4) is 0 Å². The van der Waals surface area contributed by atoms with Crippen LogP contribution < -0.4 is 0 Å². The van der Waals surface area contributed by atoms with Gasteiger partial charge in [-0.25, -0.2) is 0 Å². The summed E-state index contributed by atoms with van der Waals surface area (Å²) in [7, 11) is 1.84. The van der Waals surface area contributed by atoms with Crippen molar-refractivity contribution in [3.63, 3.8) is 0 Å². The maximum absolute atomic E-state index is 5.33. The predicted molar refractivity (Wildman–Crippen MR) is 40.9 cm³/mol. The molecule has 0 fully saturated rings. The van der Waals surface area contributed by atoms with Crippen molar-refractivity contribution in [1.82, 2.24) is 15.0 Å². The Labute approximate surface area is 66.2 Å². The van der Waals surface area contributed by atoms with E-state index in [1.54, 1.807) is 4.68 Å². The molecule has 62 valence electrons. The van der Waals surface area contributed by atoms with Crippen LogP contribution in [-0.2, 0) is 18.4 Å². The van der Waals surface area contributed by atoms with Crippen molar-refractivity contribution in [3.05, 3.63) is 11.9 Å². The van der Waals surface area contributed by atoms with Gasteiger partial charge in [0.05, 0.1) is 18.9 Å². The van der Waals surface area contributed by atoms with Crippen LogP contribution in [0.3, 0.4) is 0 Å². The van der Waals surface area contributed by atoms with Gasteiger partial charge in [0.1, 0.15) is 5.69 Å². The molecule has 0 unspecified atom stereocenters. The van der Waals surface area contributed by atoms with Crippen LogP contribution in [0.5, 0.6) is 0 Å². The van der Waals surface area contributed by atoms with E-state index in [1.807, 2.05) is 27.1 Å². The number of hydrogen-bond acceptors (Lipinski definition) is 3. The molecule has 0 aromatic carbocycles. The van der Waals surface area contributed by atoms with Crippen molar-refractivity contribution in [2.24, 2.45) is 7.05 Å². The van der Waals surface area contributed by atoms with Crippen LogP contribution in [0.1, 0.15) is 19.5 Å². The molecule has 0 bridgehead atoms. The van der Waals surface area contributed by atoms with E-state index in [2.05, 4.69) is 10.3 Å². The lowest BCUT2D eigenvalue weighted by Crippen LogP contribution is -2.02. The third-order valence-electron chi connectivity index (χ3n) is 1.21. The fourth-order valence-corrected chi connectivity index (χ4v) is 0.713. The maximum atomic E-state index is 5.33.